The number of anilines is 1. The summed E-state index contributed by atoms with van der Waals surface area (Å²) in [5, 5.41) is 9.28. The molecular weight excluding hydrogens is 332 g/mol. The summed E-state index contributed by atoms with van der Waals surface area (Å²) >= 11 is 0.663. The quantitative estimate of drug-likeness (QED) is 0.752. The first-order valence-corrected chi connectivity index (χ1v) is 8.90. The number of nitrogens with one attached hydrogen (secondary N) is 1. The number of rotatable bonds is 6. The molecule has 0 saturated heterocycles. The van der Waals surface area contributed by atoms with Gasteiger partial charge in [-0.15, -0.1) is 10.2 Å². The van der Waals surface area contributed by atoms with Gasteiger partial charge < -0.3 is 9.64 Å². The molecule has 0 fully saturated rings. The standard InChI is InChI=1S/C11H18N4O5S2/c1-5-20-10(17)12-9-13-14-11(21-9)22(18,19)6-8(16)15(4)7(2)3/h7H,5-6H2,1-4H3,(H,12,13,17). The predicted octanol–water partition coefficient (Wildman–Crippen LogP) is 0.747. The van der Waals surface area contributed by atoms with Crippen LogP contribution < -0.4 is 5.32 Å². The summed E-state index contributed by atoms with van der Waals surface area (Å²) in [6.07, 6.45) is -0.752. The normalized spacial score (nSPS) is 11.3. The average Bonchev–Trinajstić information content (AvgIpc) is 2.86. The third-order valence-electron chi connectivity index (χ3n) is 2.64. The molecule has 0 aliphatic heterocycles. The van der Waals surface area contributed by atoms with Crippen LogP contribution in [0.25, 0.3) is 0 Å². The van der Waals surface area contributed by atoms with Crippen molar-refractivity contribution in [1.29, 1.82) is 0 Å². The van der Waals surface area contributed by atoms with Crippen LogP contribution in [0.2, 0.25) is 0 Å². The Morgan fingerprint density at radius 1 is 1.36 bits per heavy atom. The molecule has 9 nitrogen and oxygen atoms in total. The molecule has 1 N–H and O–H groups in total. The smallest absolute Gasteiger partial charge is 0.413 e. The van der Waals surface area contributed by atoms with Crippen LogP contribution in [0.15, 0.2) is 4.34 Å². The number of hydrogen-bond acceptors (Lipinski definition) is 8. The maximum absolute atomic E-state index is 12.1. The molecule has 0 radical (unpaired) electrons. The van der Waals surface area contributed by atoms with E-state index in [1.807, 2.05) is 0 Å². The summed E-state index contributed by atoms with van der Waals surface area (Å²) in [5.41, 5.74) is 0. The molecule has 1 aromatic heterocycles. The topological polar surface area (TPSA) is 119 Å². The molecule has 124 valence electrons. The minimum absolute atomic E-state index is 0.0123. The summed E-state index contributed by atoms with van der Waals surface area (Å²) in [6.45, 7) is 5.35. The SMILES string of the molecule is CCOC(=O)Nc1nnc(S(=O)(=O)CC(=O)N(C)C(C)C)s1. The molecule has 1 rings (SSSR count). The Labute approximate surface area is 132 Å². The van der Waals surface area contributed by atoms with Crippen LogP contribution in [0.5, 0.6) is 0 Å². The Bertz CT molecular complexity index is 641. The Balaban J connectivity index is 2.80. The molecule has 1 heterocycles. The molecule has 0 unspecified atom stereocenters. The Morgan fingerprint density at radius 3 is 2.55 bits per heavy atom. The van der Waals surface area contributed by atoms with Crippen LogP contribution in [0, 0.1) is 0 Å². The van der Waals surface area contributed by atoms with Crippen molar-refractivity contribution in [2.75, 3.05) is 24.7 Å². The van der Waals surface area contributed by atoms with E-state index < -0.39 is 27.6 Å². The molecule has 1 aromatic rings. The molecule has 0 spiro atoms. The van der Waals surface area contributed by atoms with Crippen LogP contribution >= 0.6 is 11.3 Å². The van der Waals surface area contributed by atoms with E-state index in [-0.39, 0.29) is 22.1 Å². The molecular formula is C11H18N4O5S2. The fourth-order valence-corrected chi connectivity index (χ4v) is 3.46. The van der Waals surface area contributed by atoms with Crippen molar-refractivity contribution in [3.05, 3.63) is 0 Å². The van der Waals surface area contributed by atoms with Gasteiger partial charge in [0.15, 0.2) is 0 Å². The van der Waals surface area contributed by atoms with E-state index in [1.54, 1.807) is 20.8 Å². The van der Waals surface area contributed by atoms with E-state index in [9.17, 15) is 18.0 Å². The first-order chi connectivity index (χ1) is 10.2. The molecule has 0 atom stereocenters. The van der Waals surface area contributed by atoms with Crippen molar-refractivity contribution in [3.8, 4) is 0 Å². The third-order valence-corrected chi connectivity index (χ3v) is 5.52. The van der Waals surface area contributed by atoms with E-state index in [0.29, 0.717) is 11.3 Å². The highest BCUT2D eigenvalue weighted by molar-refractivity contribution is 7.94. The first-order valence-electron chi connectivity index (χ1n) is 6.43. The second-order valence-corrected chi connectivity index (χ2v) is 7.72. The molecule has 0 aliphatic carbocycles. The summed E-state index contributed by atoms with van der Waals surface area (Å²) in [7, 11) is -2.38. The van der Waals surface area contributed by atoms with Gasteiger partial charge in [-0.2, -0.15) is 0 Å². The van der Waals surface area contributed by atoms with Crippen molar-refractivity contribution in [1.82, 2.24) is 15.1 Å². The van der Waals surface area contributed by atoms with Crippen LogP contribution in [0.3, 0.4) is 0 Å². The molecule has 11 heteroatoms. The van der Waals surface area contributed by atoms with Gasteiger partial charge in [-0.25, -0.2) is 13.2 Å². The highest BCUT2D eigenvalue weighted by atomic mass is 32.2. The summed E-state index contributed by atoms with van der Waals surface area (Å²) in [4.78, 5) is 24.4. The number of ether oxygens (including phenoxy) is 1. The van der Waals surface area contributed by atoms with Gasteiger partial charge in [0.05, 0.1) is 6.61 Å². The maximum Gasteiger partial charge on any atom is 0.413 e. The van der Waals surface area contributed by atoms with Gasteiger partial charge in [0.1, 0.15) is 5.75 Å². The second kappa shape index (κ2) is 7.49. The minimum atomic E-state index is -3.90. The third kappa shape index (κ3) is 4.91. The van der Waals surface area contributed by atoms with Crippen LogP contribution in [0.4, 0.5) is 9.93 Å². The monoisotopic (exact) mass is 350 g/mol. The van der Waals surface area contributed by atoms with Gasteiger partial charge >= 0.3 is 6.09 Å². The lowest BCUT2D eigenvalue weighted by Crippen LogP contribution is -2.37. The Kier molecular flexibility index (Phi) is 6.23. The highest BCUT2D eigenvalue weighted by Crippen LogP contribution is 2.21. The molecule has 0 bridgehead atoms. The lowest BCUT2D eigenvalue weighted by Gasteiger charge is -2.20. The van der Waals surface area contributed by atoms with E-state index in [4.69, 9.17) is 0 Å². The number of aromatic nitrogens is 2. The van der Waals surface area contributed by atoms with Crippen molar-refractivity contribution in [2.45, 2.75) is 31.2 Å². The van der Waals surface area contributed by atoms with Crippen LogP contribution in [0.1, 0.15) is 20.8 Å². The molecule has 2 amide bonds. The first kappa shape index (κ1) is 18.3. The Morgan fingerprint density at radius 2 is 2.00 bits per heavy atom. The van der Waals surface area contributed by atoms with Gasteiger partial charge in [0.25, 0.3) is 0 Å². The zero-order valence-electron chi connectivity index (χ0n) is 12.7. The number of carbonyl (C=O) groups excluding carboxylic acids is 2. The number of nitrogens with zero attached hydrogens (tertiary/aromatic N) is 3. The zero-order chi connectivity index (χ0) is 16.9. The fraction of sp³-hybridized carbons (Fsp3) is 0.636. The Hall–Kier alpha value is -1.75. The highest BCUT2D eigenvalue weighted by Gasteiger charge is 2.27. The second-order valence-electron chi connectivity index (χ2n) is 4.58. The lowest BCUT2D eigenvalue weighted by atomic mass is 10.3. The molecule has 22 heavy (non-hydrogen) atoms. The maximum atomic E-state index is 12.1. The number of sulfone groups is 1. The van der Waals surface area contributed by atoms with Crippen molar-refractivity contribution >= 4 is 38.3 Å². The van der Waals surface area contributed by atoms with Crippen molar-refractivity contribution < 1.29 is 22.7 Å². The summed E-state index contributed by atoms with van der Waals surface area (Å²) < 4.78 is 28.5. The average molecular weight is 350 g/mol. The fourth-order valence-electron chi connectivity index (χ4n) is 1.25. The van der Waals surface area contributed by atoms with Crippen molar-refractivity contribution in [3.63, 3.8) is 0 Å². The summed E-state index contributed by atoms with van der Waals surface area (Å²) in [6, 6.07) is -0.113. The predicted molar refractivity (Wildman–Crippen MR) is 80.5 cm³/mol. The van der Waals surface area contributed by atoms with E-state index >= 15 is 0 Å². The lowest BCUT2D eigenvalue weighted by molar-refractivity contribution is -0.128. The summed E-state index contributed by atoms with van der Waals surface area (Å²) in [5.74, 6) is -1.24. The van der Waals surface area contributed by atoms with Gasteiger partial charge in [0, 0.05) is 13.1 Å². The molecule has 0 aliphatic rings. The molecule has 0 aromatic carbocycles. The van der Waals surface area contributed by atoms with Gasteiger partial charge in [-0.1, -0.05) is 11.3 Å². The number of carbonyl (C=O) groups is 2. The van der Waals surface area contributed by atoms with E-state index in [2.05, 4.69) is 20.3 Å². The zero-order valence-corrected chi connectivity index (χ0v) is 14.3. The van der Waals surface area contributed by atoms with Gasteiger partial charge in [-0.3, -0.25) is 10.1 Å². The van der Waals surface area contributed by atoms with Crippen LogP contribution in [-0.4, -0.2) is 61.0 Å². The molecule has 0 saturated carbocycles. The number of amides is 2. The largest absolute Gasteiger partial charge is 0.450 e. The van der Waals surface area contributed by atoms with Gasteiger partial charge in [0.2, 0.25) is 25.2 Å². The van der Waals surface area contributed by atoms with E-state index in [0.717, 1.165) is 0 Å². The number of hydrogen-bond donors (Lipinski definition) is 1. The van der Waals surface area contributed by atoms with Crippen molar-refractivity contribution in [2.24, 2.45) is 0 Å². The minimum Gasteiger partial charge on any atom is -0.450 e. The van der Waals surface area contributed by atoms with Gasteiger partial charge in [-0.05, 0) is 20.8 Å². The van der Waals surface area contributed by atoms with Crippen LogP contribution in [-0.2, 0) is 19.4 Å². The van der Waals surface area contributed by atoms with E-state index in [1.165, 1.54) is 11.9 Å².